The molecular formula is C51H104MoN3OS6. The van der Waals surface area contributed by atoms with Gasteiger partial charge in [-0.05, 0) is 74.0 Å². The van der Waals surface area contributed by atoms with Gasteiger partial charge in [0.05, 0.1) is 0 Å². The minimum absolute atomic E-state index is 0. The summed E-state index contributed by atoms with van der Waals surface area (Å²) in [6.07, 6.45) is 30.9. The number of hydrogen-bond donors (Lipinski definition) is 0. The zero-order valence-corrected chi connectivity index (χ0v) is 49.8. The van der Waals surface area contributed by atoms with E-state index in [4.69, 9.17) is 74.5 Å². The van der Waals surface area contributed by atoms with Gasteiger partial charge < -0.3 is 94.7 Å². The summed E-state index contributed by atoms with van der Waals surface area (Å²) in [5, 5.41) is 0. The third-order valence-electron chi connectivity index (χ3n) is 12.9. The molecule has 371 valence electrons. The summed E-state index contributed by atoms with van der Waals surface area (Å²) in [6.45, 7) is 33.8. The van der Waals surface area contributed by atoms with E-state index in [9.17, 15) is 0 Å². The second-order valence-corrected chi connectivity index (χ2v) is 21.1. The molecule has 1 radical (unpaired) electrons. The molecule has 62 heavy (non-hydrogen) atoms. The minimum Gasteiger partial charge on any atom is -0.412 e. The van der Waals surface area contributed by atoms with Gasteiger partial charge in [-0.2, -0.15) is 0 Å². The van der Waals surface area contributed by atoms with Gasteiger partial charge in [0.2, 0.25) is 0 Å². The van der Waals surface area contributed by atoms with Crippen molar-refractivity contribution in [1.29, 1.82) is 0 Å². The molecule has 0 bridgehead atoms. The van der Waals surface area contributed by atoms with Crippen molar-refractivity contribution in [2.45, 2.75) is 237 Å². The zero-order chi connectivity index (χ0) is 46.1. The normalized spacial score (nSPS) is 13.5. The zero-order valence-electron chi connectivity index (χ0n) is 42.9. The van der Waals surface area contributed by atoms with E-state index in [0.717, 1.165) is 74.8 Å². The molecule has 0 aromatic heterocycles. The van der Waals surface area contributed by atoms with Crippen molar-refractivity contribution >= 4 is 87.5 Å². The second kappa shape index (κ2) is 51.4. The average molecular weight is 1060 g/mol. The Kier molecular flexibility index (Phi) is 59.6. The molecule has 2 N–H and O–H groups in total. The Labute approximate surface area is 437 Å². The third-order valence-corrected chi connectivity index (χ3v) is 14.5. The minimum atomic E-state index is 0. The fraction of sp³-hybridized carbons (Fsp3) is 0.941. The van der Waals surface area contributed by atoms with Gasteiger partial charge in [0.1, 0.15) is 0 Å². The van der Waals surface area contributed by atoms with Crippen LogP contribution in [0.3, 0.4) is 0 Å². The summed E-state index contributed by atoms with van der Waals surface area (Å²) in [5.41, 5.74) is 0. The van der Waals surface area contributed by atoms with Crippen LogP contribution in [0.4, 0.5) is 0 Å². The molecule has 0 aliphatic heterocycles. The topological polar surface area (TPSA) is 41.2 Å². The standard InChI is InChI=1S/3C17H35NS2.Mo.H2O/c3*1-5-9-11-15(7-3)13-18(17(19)20)14-16(8-4)12-10-6-2;;/h3*15-16H,5-14H2,1-4H3,(H,19,20);;1H2/q;;;+3;/p-3. The largest absolute Gasteiger partial charge is 3.00 e. The van der Waals surface area contributed by atoms with Crippen LogP contribution in [-0.4, -0.2) is 72.4 Å². The van der Waals surface area contributed by atoms with Crippen LogP contribution in [0.5, 0.6) is 0 Å². The van der Waals surface area contributed by atoms with Crippen LogP contribution in [0.1, 0.15) is 237 Å². The molecule has 0 aromatic carbocycles. The van der Waals surface area contributed by atoms with E-state index in [1.54, 1.807) is 0 Å². The van der Waals surface area contributed by atoms with E-state index < -0.39 is 0 Å². The molecule has 6 unspecified atom stereocenters. The Morgan fingerprint density at radius 3 is 0.532 bits per heavy atom. The van der Waals surface area contributed by atoms with E-state index >= 15 is 0 Å². The van der Waals surface area contributed by atoms with Crippen LogP contribution in [-0.2, 0) is 59.0 Å². The van der Waals surface area contributed by atoms with Crippen molar-refractivity contribution in [2.75, 3.05) is 39.3 Å². The number of thiocarbonyl (C=S) groups is 3. The van der Waals surface area contributed by atoms with Crippen molar-refractivity contribution in [3.63, 3.8) is 0 Å². The van der Waals surface area contributed by atoms with Crippen molar-refractivity contribution < 1.29 is 26.5 Å². The monoisotopic (exact) mass is 1060 g/mol. The summed E-state index contributed by atoms with van der Waals surface area (Å²) in [6, 6.07) is 0. The summed E-state index contributed by atoms with van der Waals surface area (Å²) >= 11 is 31.9. The van der Waals surface area contributed by atoms with Gasteiger partial charge in [0.15, 0.2) is 0 Å². The fourth-order valence-corrected chi connectivity index (χ4v) is 8.94. The Morgan fingerprint density at radius 2 is 0.452 bits per heavy atom. The van der Waals surface area contributed by atoms with Crippen LogP contribution in [0.25, 0.3) is 0 Å². The Bertz CT molecular complexity index is 809. The molecular weight excluding hydrogens is 959 g/mol. The number of unbranched alkanes of at least 4 members (excludes halogenated alkanes) is 6. The van der Waals surface area contributed by atoms with Crippen molar-refractivity contribution in [3.05, 3.63) is 0 Å². The van der Waals surface area contributed by atoms with E-state index in [1.807, 2.05) is 0 Å². The van der Waals surface area contributed by atoms with Gasteiger partial charge in [-0.1, -0.05) is 212 Å². The summed E-state index contributed by atoms with van der Waals surface area (Å²) in [7, 11) is 0. The molecule has 0 fully saturated rings. The molecule has 0 aliphatic carbocycles. The molecule has 0 aliphatic rings. The molecule has 6 atom stereocenters. The fourth-order valence-electron chi connectivity index (χ4n) is 8.04. The van der Waals surface area contributed by atoms with Crippen LogP contribution >= 0.6 is 36.7 Å². The first-order valence-electron chi connectivity index (χ1n) is 25.6. The van der Waals surface area contributed by atoms with Crippen molar-refractivity contribution in [2.24, 2.45) is 35.5 Å². The van der Waals surface area contributed by atoms with Gasteiger partial charge in [-0.15, -0.1) is 0 Å². The van der Waals surface area contributed by atoms with Crippen LogP contribution in [0.15, 0.2) is 0 Å². The predicted octanol–water partition coefficient (Wildman–Crippen LogP) is 15.8. The Morgan fingerprint density at radius 1 is 0.323 bits per heavy atom. The van der Waals surface area contributed by atoms with Crippen molar-refractivity contribution in [1.82, 2.24) is 14.7 Å². The summed E-state index contributed by atoms with van der Waals surface area (Å²) in [5.74, 6) is 4.50. The molecule has 0 rings (SSSR count). The molecule has 0 amide bonds. The quantitative estimate of drug-likeness (QED) is 0.0347. The van der Waals surface area contributed by atoms with Gasteiger partial charge in [0.25, 0.3) is 0 Å². The van der Waals surface area contributed by atoms with Crippen LogP contribution in [0, 0.1) is 35.5 Å². The smallest absolute Gasteiger partial charge is 0.412 e. The Balaban J connectivity index is -0.000000258. The first-order valence-corrected chi connectivity index (χ1v) is 28.1. The molecule has 0 saturated heterocycles. The van der Waals surface area contributed by atoms with Gasteiger partial charge >= 0.3 is 21.1 Å². The number of nitrogens with zero attached hydrogens (tertiary/aromatic N) is 3. The summed E-state index contributed by atoms with van der Waals surface area (Å²) in [4.78, 5) is 6.91. The van der Waals surface area contributed by atoms with E-state index in [2.05, 4.69) is 97.8 Å². The second-order valence-electron chi connectivity index (χ2n) is 18.0. The molecule has 4 nitrogen and oxygen atoms in total. The molecule has 0 heterocycles. The first-order chi connectivity index (χ1) is 28.7. The maximum atomic E-state index is 5.32. The van der Waals surface area contributed by atoms with Gasteiger partial charge in [-0.25, -0.2) is 0 Å². The summed E-state index contributed by atoms with van der Waals surface area (Å²) < 4.78 is 2.03. The van der Waals surface area contributed by atoms with Crippen LogP contribution < -0.4 is 0 Å². The average Bonchev–Trinajstić information content (AvgIpc) is 3.24. The van der Waals surface area contributed by atoms with Gasteiger partial charge in [-0.3, -0.25) is 0 Å². The maximum Gasteiger partial charge on any atom is 3.00 e. The third kappa shape index (κ3) is 41.2. The predicted molar refractivity (Wildman–Crippen MR) is 298 cm³/mol. The molecule has 11 heteroatoms. The molecule has 0 saturated carbocycles. The van der Waals surface area contributed by atoms with Crippen LogP contribution in [0.2, 0.25) is 0 Å². The molecule has 0 aromatic rings. The maximum absolute atomic E-state index is 5.32. The van der Waals surface area contributed by atoms with E-state index in [-0.39, 0.29) is 26.5 Å². The van der Waals surface area contributed by atoms with Crippen molar-refractivity contribution in [3.8, 4) is 0 Å². The number of rotatable bonds is 36. The SMILES string of the molecule is CCCCC(CC)CN(CC(CC)CCCC)C(=S)[S-].CCCCC(CC)CN(CC(CC)CCCC)C(=S)[S-].CCCCC(CC)CN(CC(CC)CCCC)C(=S)[S-].O.[Mo+3]. The van der Waals surface area contributed by atoms with E-state index in [0.29, 0.717) is 13.0 Å². The molecule has 0 spiro atoms. The first kappa shape index (κ1) is 72.0. The number of hydrogen-bond acceptors (Lipinski definition) is 6. The Hall–Kier alpha value is 0.978. The van der Waals surface area contributed by atoms with Gasteiger partial charge in [0, 0.05) is 39.3 Å². The van der Waals surface area contributed by atoms with E-state index in [1.165, 1.54) is 154 Å².